The van der Waals surface area contributed by atoms with E-state index in [1.54, 1.807) is 0 Å². The van der Waals surface area contributed by atoms with Gasteiger partial charge in [-0.2, -0.15) is 5.10 Å². The zero-order valence-corrected chi connectivity index (χ0v) is 14.0. The van der Waals surface area contributed by atoms with E-state index in [0.717, 1.165) is 46.4 Å². The van der Waals surface area contributed by atoms with Crippen molar-refractivity contribution in [2.24, 2.45) is 5.73 Å². The van der Waals surface area contributed by atoms with E-state index in [2.05, 4.69) is 18.9 Å². The molecule has 0 saturated heterocycles. The van der Waals surface area contributed by atoms with E-state index in [1.807, 2.05) is 28.9 Å². The van der Waals surface area contributed by atoms with E-state index in [-0.39, 0.29) is 5.92 Å². The van der Waals surface area contributed by atoms with Gasteiger partial charge in [0.25, 0.3) is 0 Å². The minimum absolute atomic E-state index is 0.142. The van der Waals surface area contributed by atoms with Crippen molar-refractivity contribution in [1.29, 1.82) is 0 Å². The Morgan fingerprint density at radius 3 is 2.52 bits per heavy atom. The first kappa shape index (κ1) is 16.3. The smallest absolute Gasteiger partial charge is 0.0850 e. The standard InChI is InChI=1S/C16H21Cl2N3/c1-3-14-16(18)15(21(4-2)20-14)9-11(10-19)12-7-5-6-8-13(12)17/h5-8,11H,3-4,9-10,19H2,1-2H3. The van der Waals surface area contributed by atoms with Crippen LogP contribution in [0.2, 0.25) is 10.0 Å². The van der Waals surface area contributed by atoms with Gasteiger partial charge in [0.2, 0.25) is 0 Å². The van der Waals surface area contributed by atoms with Crippen molar-refractivity contribution in [3.05, 3.63) is 51.3 Å². The Labute approximate surface area is 136 Å². The second kappa shape index (κ2) is 7.30. The fourth-order valence-corrected chi connectivity index (χ4v) is 3.21. The molecule has 1 aromatic carbocycles. The van der Waals surface area contributed by atoms with Gasteiger partial charge in [-0.1, -0.05) is 48.3 Å². The summed E-state index contributed by atoms with van der Waals surface area (Å²) in [5.74, 6) is 0.142. The van der Waals surface area contributed by atoms with Gasteiger partial charge in [-0.05, 0) is 37.9 Å². The first-order chi connectivity index (χ1) is 10.1. The lowest BCUT2D eigenvalue weighted by Gasteiger charge is -2.17. The first-order valence-electron chi connectivity index (χ1n) is 7.30. The highest BCUT2D eigenvalue weighted by molar-refractivity contribution is 6.32. The highest BCUT2D eigenvalue weighted by atomic mass is 35.5. The molecule has 1 aromatic heterocycles. The van der Waals surface area contributed by atoms with Crippen LogP contribution in [0.25, 0.3) is 0 Å². The highest BCUT2D eigenvalue weighted by Crippen LogP contribution is 2.30. The number of aryl methyl sites for hydroxylation is 2. The second-order valence-corrected chi connectivity index (χ2v) is 5.82. The molecule has 1 unspecified atom stereocenters. The van der Waals surface area contributed by atoms with Gasteiger partial charge in [0.1, 0.15) is 0 Å². The third-order valence-electron chi connectivity index (χ3n) is 3.76. The predicted octanol–water partition coefficient (Wildman–Crippen LogP) is 4.06. The van der Waals surface area contributed by atoms with Crippen molar-refractivity contribution in [3.8, 4) is 0 Å². The Bertz CT molecular complexity index is 608. The average Bonchev–Trinajstić information content (AvgIpc) is 2.81. The van der Waals surface area contributed by atoms with E-state index < -0.39 is 0 Å². The molecule has 21 heavy (non-hydrogen) atoms. The van der Waals surface area contributed by atoms with Gasteiger partial charge in [0.05, 0.1) is 16.4 Å². The molecule has 0 radical (unpaired) electrons. The number of hydrogen-bond donors (Lipinski definition) is 1. The van der Waals surface area contributed by atoms with Gasteiger partial charge in [-0.25, -0.2) is 0 Å². The van der Waals surface area contributed by atoms with Crippen LogP contribution >= 0.6 is 23.2 Å². The van der Waals surface area contributed by atoms with Crippen LogP contribution in [0.15, 0.2) is 24.3 Å². The zero-order valence-electron chi connectivity index (χ0n) is 12.4. The molecule has 3 nitrogen and oxygen atoms in total. The van der Waals surface area contributed by atoms with Crippen molar-refractivity contribution in [2.45, 2.75) is 39.2 Å². The largest absolute Gasteiger partial charge is 0.330 e. The number of benzene rings is 1. The molecule has 0 aliphatic rings. The molecule has 2 rings (SSSR count). The summed E-state index contributed by atoms with van der Waals surface area (Å²) in [7, 11) is 0. The van der Waals surface area contributed by atoms with E-state index in [1.165, 1.54) is 0 Å². The summed E-state index contributed by atoms with van der Waals surface area (Å²) in [4.78, 5) is 0. The number of hydrogen-bond acceptors (Lipinski definition) is 2. The van der Waals surface area contributed by atoms with Crippen molar-refractivity contribution in [2.75, 3.05) is 6.54 Å². The van der Waals surface area contributed by atoms with Crippen molar-refractivity contribution < 1.29 is 0 Å². The Morgan fingerprint density at radius 2 is 1.95 bits per heavy atom. The quantitative estimate of drug-likeness (QED) is 0.870. The van der Waals surface area contributed by atoms with Crippen LogP contribution in [0, 0.1) is 0 Å². The summed E-state index contributed by atoms with van der Waals surface area (Å²) < 4.78 is 1.97. The highest BCUT2D eigenvalue weighted by Gasteiger charge is 2.20. The van der Waals surface area contributed by atoms with E-state index in [9.17, 15) is 0 Å². The van der Waals surface area contributed by atoms with Crippen LogP contribution in [0.1, 0.15) is 36.7 Å². The summed E-state index contributed by atoms with van der Waals surface area (Å²) in [6, 6.07) is 7.84. The summed E-state index contributed by atoms with van der Waals surface area (Å²) in [5, 5.41) is 6.08. The van der Waals surface area contributed by atoms with Crippen LogP contribution in [-0.4, -0.2) is 16.3 Å². The molecule has 0 saturated carbocycles. The number of nitrogens with zero attached hydrogens (tertiary/aromatic N) is 2. The minimum atomic E-state index is 0.142. The van der Waals surface area contributed by atoms with E-state index in [4.69, 9.17) is 28.9 Å². The molecule has 0 amide bonds. The summed E-state index contributed by atoms with van der Waals surface area (Å²) in [6.07, 6.45) is 1.58. The molecule has 2 N–H and O–H groups in total. The average molecular weight is 326 g/mol. The molecule has 5 heteroatoms. The maximum Gasteiger partial charge on any atom is 0.0850 e. The van der Waals surface area contributed by atoms with E-state index in [0.29, 0.717) is 6.54 Å². The number of halogens is 2. The van der Waals surface area contributed by atoms with Crippen LogP contribution in [0.5, 0.6) is 0 Å². The molecule has 0 aliphatic heterocycles. The second-order valence-electron chi connectivity index (χ2n) is 5.03. The Balaban J connectivity index is 2.35. The predicted molar refractivity (Wildman–Crippen MR) is 89.2 cm³/mol. The van der Waals surface area contributed by atoms with Gasteiger partial charge in [-0.3, -0.25) is 4.68 Å². The third-order valence-corrected chi connectivity index (χ3v) is 4.54. The third kappa shape index (κ3) is 3.42. The minimum Gasteiger partial charge on any atom is -0.330 e. The lowest BCUT2D eigenvalue weighted by Crippen LogP contribution is -2.17. The lowest BCUT2D eigenvalue weighted by atomic mass is 9.94. The monoisotopic (exact) mass is 325 g/mol. The van der Waals surface area contributed by atoms with Crippen molar-refractivity contribution >= 4 is 23.2 Å². The first-order valence-corrected chi connectivity index (χ1v) is 8.06. The van der Waals surface area contributed by atoms with Crippen LogP contribution < -0.4 is 5.73 Å². The maximum absolute atomic E-state index is 6.48. The molecule has 0 fully saturated rings. The fraction of sp³-hybridized carbons (Fsp3) is 0.438. The van der Waals surface area contributed by atoms with Crippen LogP contribution in [-0.2, 0) is 19.4 Å². The summed E-state index contributed by atoms with van der Waals surface area (Å²) in [6.45, 7) is 5.46. The SMILES string of the molecule is CCc1nn(CC)c(CC(CN)c2ccccc2Cl)c1Cl. The maximum atomic E-state index is 6.48. The van der Waals surface area contributed by atoms with Crippen LogP contribution in [0.3, 0.4) is 0 Å². The molecule has 114 valence electrons. The molecule has 0 spiro atoms. The van der Waals surface area contributed by atoms with Gasteiger partial charge in [0.15, 0.2) is 0 Å². The summed E-state index contributed by atoms with van der Waals surface area (Å²) >= 11 is 12.8. The van der Waals surface area contributed by atoms with Crippen molar-refractivity contribution in [1.82, 2.24) is 9.78 Å². The normalized spacial score (nSPS) is 12.6. The molecular formula is C16H21Cl2N3. The van der Waals surface area contributed by atoms with Gasteiger partial charge in [0, 0.05) is 17.5 Å². The summed E-state index contributed by atoms with van der Waals surface area (Å²) in [5.41, 5.74) is 9.04. The topological polar surface area (TPSA) is 43.8 Å². The molecule has 1 atom stereocenters. The Hall–Kier alpha value is -1.03. The lowest BCUT2D eigenvalue weighted by molar-refractivity contribution is 0.581. The van der Waals surface area contributed by atoms with E-state index >= 15 is 0 Å². The van der Waals surface area contributed by atoms with Crippen molar-refractivity contribution in [3.63, 3.8) is 0 Å². The molecule has 1 heterocycles. The van der Waals surface area contributed by atoms with Gasteiger partial charge >= 0.3 is 0 Å². The Morgan fingerprint density at radius 1 is 1.24 bits per heavy atom. The number of nitrogens with two attached hydrogens (primary N) is 1. The molecule has 0 aliphatic carbocycles. The fourth-order valence-electron chi connectivity index (χ4n) is 2.57. The van der Waals surface area contributed by atoms with Gasteiger partial charge < -0.3 is 5.73 Å². The van der Waals surface area contributed by atoms with Gasteiger partial charge in [-0.15, -0.1) is 0 Å². The zero-order chi connectivity index (χ0) is 15.4. The molecule has 2 aromatic rings. The Kier molecular flexibility index (Phi) is 5.68. The van der Waals surface area contributed by atoms with Crippen LogP contribution in [0.4, 0.5) is 0 Å². The molecule has 0 bridgehead atoms. The number of rotatable bonds is 6. The molecular weight excluding hydrogens is 305 g/mol. The number of aromatic nitrogens is 2.